The molecule has 1 atom stereocenters. The topological polar surface area (TPSA) is 84.9 Å². The van der Waals surface area contributed by atoms with Crippen molar-refractivity contribution in [1.82, 2.24) is 0 Å². The van der Waals surface area contributed by atoms with E-state index in [1.807, 2.05) is 6.92 Å². The van der Waals surface area contributed by atoms with Crippen LogP contribution in [0.5, 0.6) is 11.5 Å². The molecule has 0 aromatic heterocycles. The minimum Gasteiger partial charge on any atom is -0.495 e. The van der Waals surface area contributed by atoms with Gasteiger partial charge in [-0.2, -0.15) is 0 Å². The molecule has 0 aliphatic carbocycles. The standard InChI is InChI=1S/C20H25ClN2O5S/c1-6-17(23(29(5,25)26)14-9-7-13(2)8-10-14)20(24)22-16-12-18(27-3)15(21)11-19(16)28-4/h7-12,17H,6H2,1-5H3,(H,22,24)/t17-/m0/s1. The Balaban J connectivity index is 2.44. The SMILES string of the molecule is CC[C@@H](C(=O)Nc1cc(OC)c(Cl)cc1OC)N(c1ccc(C)cc1)S(C)(=O)=O. The van der Waals surface area contributed by atoms with Crippen LogP contribution in [0.3, 0.4) is 0 Å². The smallest absolute Gasteiger partial charge is 0.248 e. The molecule has 9 heteroatoms. The lowest BCUT2D eigenvalue weighted by molar-refractivity contribution is -0.117. The minimum absolute atomic E-state index is 0.264. The quantitative estimate of drug-likeness (QED) is 0.673. The summed E-state index contributed by atoms with van der Waals surface area (Å²) < 4.78 is 36.6. The van der Waals surface area contributed by atoms with E-state index < -0.39 is 22.0 Å². The normalized spacial score (nSPS) is 12.2. The summed E-state index contributed by atoms with van der Waals surface area (Å²) in [5.41, 5.74) is 1.73. The summed E-state index contributed by atoms with van der Waals surface area (Å²) in [6.07, 6.45) is 1.34. The van der Waals surface area contributed by atoms with Gasteiger partial charge in [0.2, 0.25) is 15.9 Å². The van der Waals surface area contributed by atoms with E-state index in [4.69, 9.17) is 21.1 Å². The predicted octanol–water partition coefficient (Wildman–Crippen LogP) is 3.85. The van der Waals surface area contributed by atoms with Crippen molar-refractivity contribution in [1.29, 1.82) is 0 Å². The molecule has 0 radical (unpaired) electrons. The van der Waals surface area contributed by atoms with Gasteiger partial charge in [-0.15, -0.1) is 0 Å². The van der Waals surface area contributed by atoms with Crippen molar-refractivity contribution in [3.8, 4) is 11.5 Å². The van der Waals surface area contributed by atoms with E-state index in [-0.39, 0.29) is 6.42 Å². The van der Waals surface area contributed by atoms with Crippen LogP contribution in [-0.4, -0.2) is 40.8 Å². The van der Waals surface area contributed by atoms with Crippen LogP contribution in [0.2, 0.25) is 5.02 Å². The molecule has 0 unspecified atom stereocenters. The van der Waals surface area contributed by atoms with Gasteiger partial charge in [-0.25, -0.2) is 8.42 Å². The number of rotatable bonds is 8. The summed E-state index contributed by atoms with van der Waals surface area (Å²) >= 11 is 6.10. The van der Waals surface area contributed by atoms with E-state index in [1.165, 1.54) is 26.4 Å². The third-order valence-corrected chi connectivity index (χ3v) is 5.83. The molecule has 0 aliphatic heterocycles. The van der Waals surface area contributed by atoms with Gasteiger partial charge >= 0.3 is 0 Å². The van der Waals surface area contributed by atoms with Gasteiger partial charge in [0.15, 0.2) is 0 Å². The number of hydrogen-bond acceptors (Lipinski definition) is 5. The molecule has 0 aliphatic rings. The van der Waals surface area contributed by atoms with Crippen LogP contribution in [0.4, 0.5) is 11.4 Å². The number of nitrogens with one attached hydrogen (secondary N) is 1. The van der Waals surface area contributed by atoms with Crippen molar-refractivity contribution >= 4 is 38.9 Å². The highest BCUT2D eigenvalue weighted by Gasteiger charge is 2.32. The van der Waals surface area contributed by atoms with Gasteiger partial charge in [-0.05, 0) is 25.5 Å². The van der Waals surface area contributed by atoms with Gasteiger partial charge in [0.1, 0.15) is 17.5 Å². The first-order chi connectivity index (χ1) is 13.6. The van der Waals surface area contributed by atoms with Gasteiger partial charge in [0.05, 0.1) is 36.9 Å². The fraction of sp³-hybridized carbons (Fsp3) is 0.350. The van der Waals surface area contributed by atoms with Gasteiger partial charge in [0, 0.05) is 12.1 Å². The molecule has 0 spiro atoms. The Bertz CT molecular complexity index is 977. The maximum Gasteiger partial charge on any atom is 0.248 e. The van der Waals surface area contributed by atoms with E-state index in [0.29, 0.717) is 27.9 Å². The Morgan fingerprint density at radius 2 is 1.72 bits per heavy atom. The maximum atomic E-state index is 13.1. The molecular weight excluding hydrogens is 416 g/mol. The zero-order valence-corrected chi connectivity index (χ0v) is 18.6. The first kappa shape index (κ1) is 22.8. The maximum absolute atomic E-state index is 13.1. The first-order valence-corrected chi connectivity index (χ1v) is 11.1. The van der Waals surface area contributed by atoms with E-state index in [2.05, 4.69) is 5.32 Å². The molecule has 0 saturated heterocycles. The Kier molecular flexibility index (Phi) is 7.37. The number of anilines is 2. The number of nitrogens with zero attached hydrogens (tertiary/aromatic N) is 1. The number of hydrogen-bond donors (Lipinski definition) is 1. The Hall–Kier alpha value is -2.45. The monoisotopic (exact) mass is 440 g/mol. The number of ether oxygens (including phenoxy) is 2. The fourth-order valence-corrected chi connectivity index (χ4v) is 4.37. The van der Waals surface area contributed by atoms with Crippen LogP contribution in [-0.2, 0) is 14.8 Å². The zero-order valence-electron chi connectivity index (χ0n) is 17.0. The molecule has 0 fully saturated rings. The second-order valence-corrected chi connectivity index (χ2v) is 8.76. The second-order valence-electron chi connectivity index (χ2n) is 6.49. The highest BCUT2D eigenvalue weighted by atomic mass is 35.5. The molecule has 0 saturated carbocycles. The number of aryl methyl sites for hydroxylation is 1. The van der Waals surface area contributed by atoms with E-state index in [9.17, 15) is 13.2 Å². The van der Waals surface area contributed by atoms with Crippen molar-refractivity contribution in [3.63, 3.8) is 0 Å². The molecule has 0 heterocycles. The predicted molar refractivity (Wildman–Crippen MR) is 116 cm³/mol. The van der Waals surface area contributed by atoms with E-state index >= 15 is 0 Å². The largest absolute Gasteiger partial charge is 0.495 e. The average molecular weight is 441 g/mol. The summed E-state index contributed by atoms with van der Waals surface area (Å²) in [6.45, 7) is 3.65. The second kappa shape index (κ2) is 9.37. The number of sulfonamides is 1. The number of carbonyl (C=O) groups is 1. The molecule has 2 aromatic carbocycles. The van der Waals surface area contributed by atoms with Crippen LogP contribution >= 0.6 is 11.6 Å². The Morgan fingerprint density at radius 3 is 2.21 bits per heavy atom. The summed E-state index contributed by atoms with van der Waals surface area (Å²) in [6, 6.07) is 9.04. The van der Waals surface area contributed by atoms with E-state index in [1.54, 1.807) is 31.2 Å². The molecule has 29 heavy (non-hydrogen) atoms. The molecule has 1 amide bonds. The Labute approximate surface area is 176 Å². The lowest BCUT2D eigenvalue weighted by Gasteiger charge is -2.30. The molecule has 2 aromatic rings. The van der Waals surface area contributed by atoms with Gasteiger partial charge in [-0.1, -0.05) is 36.2 Å². The molecule has 158 valence electrons. The zero-order chi connectivity index (χ0) is 21.8. The van der Waals surface area contributed by atoms with Crippen molar-refractivity contribution in [2.24, 2.45) is 0 Å². The Morgan fingerprint density at radius 1 is 1.14 bits per heavy atom. The minimum atomic E-state index is -3.72. The first-order valence-electron chi connectivity index (χ1n) is 8.90. The number of benzene rings is 2. The summed E-state index contributed by atoms with van der Waals surface area (Å²) in [7, 11) is -0.819. The van der Waals surface area contributed by atoms with Gasteiger partial charge in [0.25, 0.3) is 0 Å². The van der Waals surface area contributed by atoms with Crippen molar-refractivity contribution < 1.29 is 22.7 Å². The van der Waals surface area contributed by atoms with Gasteiger partial charge < -0.3 is 14.8 Å². The average Bonchev–Trinajstić information content (AvgIpc) is 2.66. The summed E-state index contributed by atoms with van der Waals surface area (Å²) in [5.74, 6) is 0.190. The molecular formula is C20H25ClN2O5S. The van der Waals surface area contributed by atoms with E-state index in [0.717, 1.165) is 16.1 Å². The van der Waals surface area contributed by atoms with Crippen molar-refractivity contribution in [2.75, 3.05) is 30.1 Å². The van der Waals surface area contributed by atoms with Crippen molar-refractivity contribution in [2.45, 2.75) is 26.3 Å². The lowest BCUT2D eigenvalue weighted by Crippen LogP contribution is -2.47. The molecule has 2 rings (SSSR count). The molecule has 0 bridgehead atoms. The van der Waals surface area contributed by atoms with Crippen molar-refractivity contribution in [3.05, 3.63) is 47.0 Å². The van der Waals surface area contributed by atoms with Crippen LogP contribution < -0.4 is 19.1 Å². The van der Waals surface area contributed by atoms with Crippen LogP contribution in [0.25, 0.3) is 0 Å². The lowest BCUT2D eigenvalue weighted by atomic mass is 10.1. The van der Waals surface area contributed by atoms with Crippen LogP contribution in [0.15, 0.2) is 36.4 Å². The molecule has 7 nitrogen and oxygen atoms in total. The number of halogens is 1. The number of methoxy groups -OCH3 is 2. The highest BCUT2D eigenvalue weighted by Crippen LogP contribution is 2.36. The van der Waals surface area contributed by atoms with Crippen LogP contribution in [0.1, 0.15) is 18.9 Å². The highest BCUT2D eigenvalue weighted by molar-refractivity contribution is 7.92. The fourth-order valence-electron chi connectivity index (χ4n) is 2.93. The summed E-state index contributed by atoms with van der Waals surface area (Å²) in [4.78, 5) is 13.1. The number of carbonyl (C=O) groups excluding carboxylic acids is 1. The third kappa shape index (κ3) is 5.33. The third-order valence-electron chi connectivity index (χ3n) is 4.35. The number of amides is 1. The van der Waals surface area contributed by atoms with Gasteiger partial charge in [-0.3, -0.25) is 9.10 Å². The van der Waals surface area contributed by atoms with Crippen LogP contribution in [0, 0.1) is 6.92 Å². The molecule has 1 N–H and O–H groups in total. The summed E-state index contributed by atoms with van der Waals surface area (Å²) in [5, 5.41) is 3.07.